The van der Waals surface area contributed by atoms with Gasteiger partial charge in [-0.15, -0.1) is 0 Å². The van der Waals surface area contributed by atoms with Crippen LogP contribution in [0.3, 0.4) is 0 Å². The fourth-order valence-corrected chi connectivity index (χ4v) is 2.28. The van der Waals surface area contributed by atoms with E-state index in [0.717, 1.165) is 11.3 Å². The fourth-order valence-electron chi connectivity index (χ4n) is 2.28. The van der Waals surface area contributed by atoms with Gasteiger partial charge in [-0.25, -0.2) is 0 Å². The van der Waals surface area contributed by atoms with Gasteiger partial charge in [-0.05, 0) is 33.8 Å². The number of hydrogen-bond acceptors (Lipinski definition) is 5. The quantitative estimate of drug-likeness (QED) is 0.939. The summed E-state index contributed by atoms with van der Waals surface area (Å²) < 4.78 is 11.2. The van der Waals surface area contributed by atoms with Crippen LogP contribution in [0.1, 0.15) is 50.9 Å². The number of rotatable bonds is 3. The minimum atomic E-state index is -0.457. The van der Waals surface area contributed by atoms with Crippen molar-refractivity contribution < 1.29 is 9.26 Å². The van der Waals surface area contributed by atoms with Crippen LogP contribution in [0.2, 0.25) is 0 Å². The first-order valence-electron chi connectivity index (χ1n) is 7.15. The van der Waals surface area contributed by atoms with Gasteiger partial charge in [0.25, 0.3) is 0 Å². The van der Waals surface area contributed by atoms with Crippen LogP contribution in [0.15, 0.2) is 28.8 Å². The summed E-state index contributed by atoms with van der Waals surface area (Å²) in [5.74, 6) is 2.14. The molecule has 2 aromatic rings. The third kappa shape index (κ3) is 2.21. The monoisotopic (exact) mass is 287 g/mol. The van der Waals surface area contributed by atoms with Gasteiger partial charge in [0.05, 0.1) is 11.3 Å². The van der Waals surface area contributed by atoms with E-state index in [1.54, 1.807) is 0 Å². The minimum Gasteiger partial charge on any atom is -0.492 e. The van der Waals surface area contributed by atoms with Crippen molar-refractivity contribution in [2.24, 2.45) is 5.73 Å². The van der Waals surface area contributed by atoms with Gasteiger partial charge in [0.2, 0.25) is 5.89 Å². The van der Waals surface area contributed by atoms with Crippen LogP contribution in [0.4, 0.5) is 0 Å². The second-order valence-electron chi connectivity index (χ2n) is 6.71. The van der Waals surface area contributed by atoms with Gasteiger partial charge in [0.1, 0.15) is 12.4 Å². The molecule has 1 aliphatic rings. The number of benzene rings is 1. The molecule has 21 heavy (non-hydrogen) atoms. The summed E-state index contributed by atoms with van der Waals surface area (Å²) in [6, 6.07) is 7.96. The molecule has 0 radical (unpaired) electrons. The Morgan fingerprint density at radius 3 is 2.62 bits per heavy atom. The summed E-state index contributed by atoms with van der Waals surface area (Å²) in [6.07, 6.45) is 0. The smallest absolute Gasteiger partial charge is 0.234 e. The van der Waals surface area contributed by atoms with Crippen molar-refractivity contribution >= 4 is 0 Å². The normalized spacial score (nSPS) is 18.4. The molecule has 1 aromatic carbocycles. The third-order valence-corrected chi connectivity index (χ3v) is 4.60. The van der Waals surface area contributed by atoms with E-state index in [2.05, 4.69) is 10.1 Å². The van der Waals surface area contributed by atoms with Crippen LogP contribution < -0.4 is 10.5 Å². The SMILES string of the molecule is CC(C)(N)C(C)(C)c1nc(C2COc3ccccc32)no1. The Labute approximate surface area is 124 Å². The lowest BCUT2D eigenvalue weighted by atomic mass is 9.75. The van der Waals surface area contributed by atoms with Crippen molar-refractivity contribution in [3.63, 3.8) is 0 Å². The molecule has 0 saturated heterocycles. The molecule has 2 heterocycles. The lowest BCUT2D eigenvalue weighted by molar-refractivity contribution is 0.222. The summed E-state index contributed by atoms with van der Waals surface area (Å²) >= 11 is 0. The topological polar surface area (TPSA) is 74.2 Å². The highest BCUT2D eigenvalue weighted by molar-refractivity contribution is 5.42. The van der Waals surface area contributed by atoms with Gasteiger partial charge < -0.3 is 15.0 Å². The van der Waals surface area contributed by atoms with Gasteiger partial charge in [-0.1, -0.05) is 23.4 Å². The Morgan fingerprint density at radius 1 is 1.19 bits per heavy atom. The highest BCUT2D eigenvalue weighted by Crippen LogP contribution is 2.38. The number of para-hydroxylation sites is 1. The number of fused-ring (bicyclic) bond motifs is 1. The maximum absolute atomic E-state index is 6.23. The molecule has 2 N–H and O–H groups in total. The van der Waals surface area contributed by atoms with Gasteiger partial charge in [0.15, 0.2) is 5.82 Å². The third-order valence-electron chi connectivity index (χ3n) is 4.60. The predicted octanol–water partition coefficient (Wildman–Crippen LogP) is 2.61. The zero-order valence-electron chi connectivity index (χ0n) is 12.9. The first-order chi connectivity index (χ1) is 9.80. The summed E-state index contributed by atoms with van der Waals surface area (Å²) in [5, 5.41) is 4.16. The number of nitrogens with two attached hydrogens (primary N) is 1. The molecule has 1 aliphatic heterocycles. The van der Waals surface area contributed by atoms with Crippen LogP contribution in [-0.2, 0) is 5.41 Å². The van der Waals surface area contributed by atoms with Crippen molar-refractivity contribution in [2.45, 2.75) is 44.6 Å². The lowest BCUT2D eigenvalue weighted by Gasteiger charge is -2.34. The molecule has 1 unspecified atom stereocenters. The van der Waals surface area contributed by atoms with E-state index in [1.165, 1.54) is 0 Å². The highest BCUT2D eigenvalue weighted by atomic mass is 16.5. The molecule has 0 amide bonds. The molecule has 3 rings (SSSR count). The molecule has 0 saturated carbocycles. The molecular formula is C16H21N3O2. The van der Waals surface area contributed by atoms with Crippen molar-refractivity contribution in [3.05, 3.63) is 41.5 Å². The Hall–Kier alpha value is -1.88. The van der Waals surface area contributed by atoms with Crippen LogP contribution in [0, 0.1) is 0 Å². The van der Waals surface area contributed by atoms with Crippen LogP contribution in [-0.4, -0.2) is 22.3 Å². The van der Waals surface area contributed by atoms with Crippen molar-refractivity contribution in [3.8, 4) is 5.75 Å². The first-order valence-corrected chi connectivity index (χ1v) is 7.15. The average molecular weight is 287 g/mol. The second-order valence-corrected chi connectivity index (χ2v) is 6.71. The van der Waals surface area contributed by atoms with Gasteiger partial charge in [0, 0.05) is 11.1 Å². The van der Waals surface area contributed by atoms with E-state index in [0.29, 0.717) is 18.3 Å². The number of nitrogens with zero attached hydrogens (tertiary/aromatic N) is 2. The van der Waals surface area contributed by atoms with E-state index in [4.69, 9.17) is 15.0 Å². The predicted molar refractivity (Wildman–Crippen MR) is 79.4 cm³/mol. The van der Waals surface area contributed by atoms with Gasteiger partial charge >= 0.3 is 0 Å². The maximum Gasteiger partial charge on any atom is 0.234 e. The van der Waals surface area contributed by atoms with E-state index >= 15 is 0 Å². The van der Waals surface area contributed by atoms with Crippen molar-refractivity contribution in [1.82, 2.24) is 10.1 Å². The molecule has 1 aromatic heterocycles. The highest BCUT2D eigenvalue weighted by Gasteiger charge is 2.41. The molecule has 112 valence electrons. The van der Waals surface area contributed by atoms with Crippen LogP contribution >= 0.6 is 0 Å². The fraction of sp³-hybridized carbons (Fsp3) is 0.500. The number of ether oxygens (including phenoxy) is 1. The van der Waals surface area contributed by atoms with E-state index in [-0.39, 0.29) is 5.92 Å². The number of hydrogen-bond donors (Lipinski definition) is 1. The van der Waals surface area contributed by atoms with Gasteiger partial charge in [-0.2, -0.15) is 4.98 Å². The summed E-state index contributed by atoms with van der Waals surface area (Å²) in [7, 11) is 0. The largest absolute Gasteiger partial charge is 0.492 e. The maximum atomic E-state index is 6.23. The second kappa shape index (κ2) is 4.56. The standard InChI is InChI=1S/C16H21N3O2/c1-15(2,16(3,4)17)14-18-13(19-21-14)11-9-20-12-8-6-5-7-10(11)12/h5-8,11H,9,17H2,1-4H3. The van der Waals surface area contributed by atoms with E-state index in [1.807, 2.05) is 52.0 Å². The van der Waals surface area contributed by atoms with E-state index < -0.39 is 11.0 Å². The zero-order chi connectivity index (χ0) is 15.3. The van der Waals surface area contributed by atoms with Crippen LogP contribution in [0.25, 0.3) is 0 Å². The van der Waals surface area contributed by atoms with Crippen molar-refractivity contribution in [2.75, 3.05) is 6.61 Å². The minimum absolute atomic E-state index is 0.0235. The molecule has 0 spiro atoms. The average Bonchev–Trinajstić information content (AvgIpc) is 3.03. The molecule has 5 heteroatoms. The Kier molecular flexibility index (Phi) is 3.06. The summed E-state index contributed by atoms with van der Waals surface area (Å²) in [6.45, 7) is 8.51. The zero-order valence-corrected chi connectivity index (χ0v) is 12.9. The molecule has 0 aliphatic carbocycles. The summed E-state index contributed by atoms with van der Waals surface area (Å²) in [5.41, 5.74) is 6.48. The molecule has 1 atom stereocenters. The molecule has 5 nitrogen and oxygen atoms in total. The first kappa shape index (κ1) is 14.1. The van der Waals surface area contributed by atoms with Gasteiger partial charge in [-0.3, -0.25) is 0 Å². The van der Waals surface area contributed by atoms with E-state index in [9.17, 15) is 0 Å². The number of aromatic nitrogens is 2. The lowest BCUT2D eigenvalue weighted by Crippen LogP contribution is -2.50. The molecule has 0 bridgehead atoms. The Balaban J connectivity index is 1.94. The molecular weight excluding hydrogens is 266 g/mol. The summed E-state index contributed by atoms with van der Waals surface area (Å²) in [4.78, 5) is 4.59. The van der Waals surface area contributed by atoms with Crippen molar-refractivity contribution in [1.29, 1.82) is 0 Å². The Bertz CT molecular complexity index is 656. The molecule has 0 fully saturated rings. The Morgan fingerprint density at radius 2 is 1.90 bits per heavy atom. The van der Waals surface area contributed by atoms with Crippen LogP contribution in [0.5, 0.6) is 5.75 Å².